The monoisotopic (exact) mass is 611 g/mol. The molecule has 44 heavy (non-hydrogen) atoms. The smallest absolute Gasteiger partial charge is 0.331 e. The van der Waals surface area contributed by atoms with Crippen molar-refractivity contribution < 1.29 is 27.9 Å². The van der Waals surface area contributed by atoms with Gasteiger partial charge in [-0.3, -0.25) is 23.6 Å². The first kappa shape index (κ1) is 31.4. The lowest BCUT2D eigenvalue weighted by Gasteiger charge is -2.27. The number of ether oxygens (including phenoxy) is 1. The van der Waals surface area contributed by atoms with E-state index in [-0.39, 0.29) is 25.9 Å². The SMILES string of the molecule is O=C(CN1C(=O)C(OP(=O)(CCCCc2ccccc2)OCc2ccccc2)CCc2ccccc21)OCc1ccccc1. The van der Waals surface area contributed by atoms with Crippen LogP contribution < -0.4 is 4.90 Å². The molecule has 1 heterocycles. The van der Waals surface area contributed by atoms with Crippen LogP contribution >= 0.6 is 7.60 Å². The fourth-order valence-corrected chi connectivity index (χ4v) is 7.07. The Morgan fingerprint density at radius 2 is 1.34 bits per heavy atom. The van der Waals surface area contributed by atoms with E-state index in [1.807, 2.05) is 103 Å². The molecule has 228 valence electrons. The van der Waals surface area contributed by atoms with E-state index in [4.69, 9.17) is 13.8 Å². The summed E-state index contributed by atoms with van der Waals surface area (Å²) in [6, 6.07) is 36.5. The molecule has 0 saturated heterocycles. The number of esters is 1. The van der Waals surface area contributed by atoms with Crippen molar-refractivity contribution in [3.8, 4) is 0 Å². The van der Waals surface area contributed by atoms with E-state index in [0.29, 0.717) is 24.9 Å². The van der Waals surface area contributed by atoms with Gasteiger partial charge in [0.15, 0.2) is 0 Å². The number of para-hydroxylation sites is 1. The lowest BCUT2D eigenvalue weighted by atomic mass is 10.1. The molecular formula is C36H38NO6P. The molecule has 0 saturated carbocycles. The van der Waals surface area contributed by atoms with Crippen LogP contribution in [0, 0.1) is 0 Å². The molecule has 0 aliphatic carbocycles. The highest BCUT2D eigenvalue weighted by Gasteiger charge is 2.38. The molecule has 1 aliphatic heterocycles. The van der Waals surface area contributed by atoms with Gasteiger partial charge in [-0.1, -0.05) is 109 Å². The van der Waals surface area contributed by atoms with Crippen molar-refractivity contribution in [2.75, 3.05) is 17.6 Å². The molecule has 7 nitrogen and oxygen atoms in total. The van der Waals surface area contributed by atoms with Crippen LogP contribution in [0.15, 0.2) is 115 Å². The van der Waals surface area contributed by atoms with Crippen molar-refractivity contribution in [1.29, 1.82) is 0 Å². The first-order valence-corrected chi connectivity index (χ1v) is 16.8. The molecular weight excluding hydrogens is 573 g/mol. The van der Waals surface area contributed by atoms with Crippen molar-refractivity contribution in [2.45, 2.75) is 51.4 Å². The van der Waals surface area contributed by atoms with Crippen LogP contribution in [-0.4, -0.2) is 30.7 Å². The van der Waals surface area contributed by atoms with E-state index < -0.39 is 25.6 Å². The zero-order chi connectivity index (χ0) is 30.6. The summed E-state index contributed by atoms with van der Waals surface area (Å²) < 4.78 is 32.0. The topological polar surface area (TPSA) is 82.1 Å². The number of hydrogen-bond acceptors (Lipinski definition) is 6. The second-order valence-electron chi connectivity index (χ2n) is 10.9. The first-order valence-electron chi connectivity index (χ1n) is 15.1. The van der Waals surface area contributed by atoms with Crippen LogP contribution in [-0.2, 0) is 54.0 Å². The Balaban J connectivity index is 1.30. The Labute approximate surface area is 259 Å². The van der Waals surface area contributed by atoms with Crippen LogP contribution in [0.3, 0.4) is 0 Å². The summed E-state index contributed by atoms with van der Waals surface area (Å²) in [7, 11) is -3.70. The summed E-state index contributed by atoms with van der Waals surface area (Å²) in [5.74, 6) is -0.971. The first-order chi connectivity index (χ1) is 21.5. The van der Waals surface area contributed by atoms with Crippen molar-refractivity contribution in [2.24, 2.45) is 0 Å². The quantitative estimate of drug-likeness (QED) is 0.0833. The van der Waals surface area contributed by atoms with E-state index in [1.54, 1.807) is 0 Å². The van der Waals surface area contributed by atoms with Crippen molar-refractivity contribution in [3.05, 3.63) is 138 Å². The van der Waals surface area contributed by atoms with Gasteiger partial charge in [-0.2, -0.15) is 0 Å². The summed E-state index contributed by atoms with van der Waals surface area (Å²) in [5, 5.41) is 0. The zero-order valence-electron chi connectivity index (χ0n) is 24.8. The molecule has 2 atom stereocenters. The molecule has 4 aromatic rings. The van der Waals surface area contributed by atoms with Gasteiger partial charge < -0.3 is 9.26 Å². The van der Waals surface area contributed by atoms with Gasteiger partial charge in [0.25, 0.3) is 5.91 Å². The highest BCUT2D eigenvalue weighted by molar-refractivity contribution is 7.53. The summed E-state index contributed by atoms with van der Waals surface area (Å²) >= 11 is 0. The lowest BCUT2D eigenvalue weighted by Crippen LogP contribution is -2.42. The Hall–Kier alpha value is -4.03. The van der Waals surface area contributed by atoms with E-state index in [1.165, 1.54) is 10.5 Å². The fraction of sp³-hybridized carbons (Fsp3) is 0.278. The van der Waals surface area contributed by atoms with E-state index in [2.05, 4.69) is 12.1 Å². The lowest BCUT2D eigenvalue weighted by molar-refractivity contribution is -0.144. The number of benzene rings is 4. The molecule has 4 aromatic carbocycles. The average molecular weight is 612 g/mol. The van der Waals surface area contributed by atoms with E-state index in [9.17, 15) is 14.2 Å². The minimum Gasteiger partial charge on any atom is -0.459 e. The standard InChI is InChI=1S/C36H38NO6P/c38-35(41-27-30-17-6-2-7-18-30)26-37-33-22-11-10-21-32(33)23-24-34(36(37)39)43-44(40,42-28-31-19-8-3-9-20-31)25-13-12-16-29-14-4-1-5-15-29/h1-11,14-15,17-22,34H,12-13,16,23-28H2. The number of carbonyl (C=O) groups is 2. The van der Waals surface area contributed by atoms with Gasteiger partial charge in [-0.15, -0.1) is 0 Å². The largest absolute Gasteiger partial charge is 0.459 e. The Morgan fingerprint density at radius 1 is 0.750 bits per heavy atom. The van der Waals surface area contributed by atoms with Crippen LogP contribution in [0.1, 0.15) is 41.5 Å². The normalized spacial score (nSPS) is 16.0. The van der Waals surface area contributed by atoms with Gasteiger partial charge in [0.2, 0.25) is 0 Å². The summed E-state index contributed by atoms with van der Waals surface area (Å²) in [6.07, 6.45) is 2.23. The second-order valence-corrected chi connectivity index (χ2v) is 13.0. The average Bonchev–Trinajstić information content (AvgIpc) is 3.19. The molecule has 1 aliphatic rings. The van der Waals surface area contributed by atoms with Gasteiger partial charge in [-0.05, 0) is 60.4 Å². The van der Waals surface area contributed by atoms with E-state index >= 15 is 0 Å². The summed E-state index contributed by atoms with van der Waals surface area (Å²) in [4.78, 5) is 28.4. The highest BCUT2D eigenvalue weighted by Crippen LogP contribution is 2.52. The van der Waals surface area contributed by atoms with Gasteiger partial charge in [0.1, 0.15) is 19.3 Å². The Kier molecular flexibility index (Phi) is 11.1. The number of aryl methyl sites for hydroxylation is 2. The highest BCUT2D eigenvalue weighted by atomic mass is 31.2. The fourth-order valence-electron chi connectivity index (χ4n) is 5.23. The third-order valence-electron chi connectivity index (χ3n) is 7.58. The van der Waals surface area contributed by atoms with Crippen LogP contribution in [0.4, 0.5) is 5.69 Å². The van der Waals surface area contributed by atoms with Crippen LogP contribution in [0.25, 0.3) is 0 Å². The van der Waals surface area contributed by atoms with Crippen molar-refractivity contribution in [1.82, 2.24) is 0 Å². The molecule has 0 spiro atoms. The number of hydrogen-bond donors (Lipinski definition) is 0. The van der Waals surface area contributed by atoms with Gasteiger partial charge >= 0.3 is 13.6 Å². The minimum atomic E-state index is -3.70. The third kappa shape index (κ3) is 8.99. The van der Waals surface area contributed by atoms with Gasteiger partial charge in [0, 0.05) is 5.69 Å². The summed E-state index contributed by atoms with van der Waals surface area (Å²) in [6.45, 7) is -0.0724. The van der Waals surface area contributed by atoms with Gasteiger partial charge in [-0.25, -0.2) is 0 Å². The Bertz CT molecular complexity index is 1550. The molecule has 8 heteroatoms. The molecule has 2 unspecified atom stereocenters. The minimum absolute atomic E-state index is 0.105. The number of anilines is 1. The predicted octanol–water partition coefficient (Wildman–Crippen LogP) is 7.53. The maximum absolute atomic E-state index is 14.3. The van der Waals surface area contributed by atoms with E-state index in [0.717, 1.165) is 29.5 Å². The number of carbonyl (C=O) groups excluding carboxylic acids is 2. The van der Waals surface area contributed by atoms with Crippen molar-refractivity contribution >= 4 is 25.2 Å². The molecule has 0 aromatic heterocycles. The maximum atomic E-state index is 14.3. The number of unbranched alkanes of at least 4 members (excludes halogenated alkanes) is 1. The van der Waals surface area contributed by atoms with Crippen LogP contribution in [0.5, 0.6) is 0 Å². The number of fused-ring (bicyclic) bond motifs is 1. The number of nitrogens with zero attached hydrogens (tertiary/aromatic N) is 1. The Morgan fingerprint density at radius 3 is 2.02 bits per heavy atom. The number of rotatable bonds is 14. The zero-order valence-corrected chi connectivity index (χ0v) is 25.6. The van der Waals surface area contributed by atoms with Crippen molar-refractivity contribution in [3.63, 3.8) is 0 Å². The molecule has 0 fully saturated rings. The number of amides is 1. The third-order valence-corrected chi connectivity index (χ3v) is 9.54. The predicted molar refractivity (Wildman–Crippen MR) is 171 cm³/mol. The second kappa shape index (κ2) is 15.6. The molecule has 0 N–H and O–H groups in total. The van der Waals surface area contributed by atoms with Gasteiger partial charge in [0.05, 0.1) is 12.8 Å². The molecule has 5 rings (SSSR count). The maximum Gasteiger partial charge on any atom is 0.331 e. The molecule has 0 radical (unpaired) electrons. The van der Waals surface area contributed by atoms with Crippen LogP contribution in [0.2, 0.25) is 0 Å². The summed E-state index contributed by atoms with van der Waals surface area (Å²) in [5.41, 5.74) is 4.46. The molecule has 0 bridgehead atoms. The molecule has 1 amide bonds.